The van der Waals surface area contributed by atoms with E-state index in [4.69, 9.17) is 0 Å². The molecule has 0 saturated heterocycles. The van der Waals surface area contributed by atoms with E-state index in [1.54, 1.807) is 16.7 Å². The standard InChI is InChI=1S/C15H15N5O2/c21-10-12(11-6-2-1-3-7-11)16-15(22)17-14-19-18-13-8-4-5-9-20(13)14/h1-9,12,21H,10H2,(H2,16,17,19,22)/t12-/m1/s1. The van der Waals surface area contributed by atoms with E-state index in [1.807, 2.05) is 42.5 Å². The van der Waals surface area contributed by atoms with Crippen LogP contribution in [-0.2, 0) is 0 Å². The van der Waals surface area contributed by atoms with Crippen LogP contribution in [0.5, 0.6) is 0 Å². The zero-order valence-corrected chi connectivity index (χ0v) is 11.7. The summed E-state index contributed by atoms with van der Waals surface area (Å²) in [7, 11) is 0. The predicted octanol–water partition coefficient (Wildman–Crippen LogP) is 1.58. The summed E-state index contributed by atoms with van der Waals surface area (Å²) in [6.07, 6.45) is 1.76. The summed E-state index contributed by atoms with van der Waals surface area (Å²) in [6.45, 7) is -0.196. The number of benzene rings is 1. The minimum Gasteiger partial charge on any atom is -0.394 e. The topological polar surface area (TPSA) is 91.6 Å². The predicted molar refractivity (Wildman–Crippen MR) is 81.4 cm³/mol. The molecule has 7 nitrogen and oxygen atoms in total. The molecule has 1 aromatic carbocycles. The molecule has 22 heavy (non-hydrogen) atoms. The summed E-state index contributed by atoms with van der Waals surface area (Å²) in [5.41, 5.74) is 1.46. The van der Waals surface area contributed by atoms with E-state index in [9.17, 15) is 9.90 Å². The van der Waals surface area contributed by atoms with Crippen molar-refractivity contribution in [3.8, 4) is 0 Å². The monoisotopic (exact) mass is 297 g/mol. The highest BCUT2D eigenvalue weighted by molar-refractivity contribution is 5.88. The second kappa shape index (κ2) is 6.23. The Morgan fingerprint density at radius 3 is 2.68 bits per heavy atom. The second-order valence-electron chi connectivity index (χ2n) is 4.70. The zero-order valence-electron chi connectivity index (χ0n) is 11.7. The molecule has 3 rings (SSSR count). The Morgan fingerprint density at radius 1 is 1.14 bits per heavy atom. The number of anilines is 1. The number of nitrogens with one attached hydrogen (secondary N) is 2. The van der Waals surface area contributed by atoms with Crippen molar-refractivity contribution in [2.75, 3.05) is 11.9 Å². The molecule has 0 unspecified atom stereocenters. The van der Waals surface area contributed by atoms with Gasteiger partial charge in [-0.05, 0) is 17.7 Å². The van der Waals surface area contributed by atoms with Crippen molar-refractivity contribution in [2.24, 2.45) is 0 Å². The lowest BCUT2D eigenvalue weighted by atomic mass is 10.1. The van der Waals surface area contributed by atoms with Crippen LogP contribution in [0.15, 0.2) is 54.7 Å². The summed E-state index contributed by atoms with van der Waals surface area (Å²) in [5, 5.41) is 22.7. The molecule has 0 aliphatic heterocycles. The molecule has 2 amide bonds. The van der Waals surface area contributed by atoms with Gasteiger partial charge < -0.3 is 10.4 Å². The van der Waals surface area contributed by atoms with Gasteiger partial charge in [0.1, 0.15) is 0 Å². The van der Waals surface area contributed by atoms with Crippen LogP contribution in [0.1, 0.15) is 11.6 Å². The van der Waals surface area contributed by atoms with E-state index in [0.717, 1.165) is 5.56 Å². The number of aliphatic hydroxyl groups excluding tert-OH is 1. The van der Waals surface area contributed by atoms with Crippen LogP contribution in [0.4, 0.5) is 10.7 Å². The fourth-order valence-electron chi connectivity index (χ4n) is 2.14. The molecule has 0 saturated carbocycles. The third-order valence-electron chi connectivity index (χ3n) is 3.23. The fraction of sp³-hybridized carbons (Fsp3) is 0.133. The Labute approximate surface area is 126 Å². The van der Waals surface area contributed by atoms with Crippen LogP contribution in [0, 0.1) is 0 Å². The van der Waals surface area contributed by atoms with Crippen molar-refractivity contribution in [1.82, 2.24) is 19.9 Å². The Kier molecular flexibility index (Phi) is 3.97. The largest absolute Gasteiger partial charge is 0.394 e. The van der Waals surface area contributed by atoms with Crippen LogP contribution in [0.2, 0.25) is 0 Å². The van der Waals surface area contributed by atoms with E-state index >= 15 is 0 Å². The van der Waals surface area contributed by atoms with Crippen LogP contribution >= 0.6 is 0 Å². The number of pyridine rings is 1. The van der Waals surface area contributed by atoms with Gasteiger partial charge in [-0.25, -0.2) is 4.79 Å². The van der Waals surface area contributed by atoms with Gasteiger partial charge in [0.15, 0.2) is 5.65 Å². The molecule has 2 heterocycles. The molecular formula is C15H15N5O2. The number of hydrogen-bond acceptors (Lipinski definition) is 4. The van der Waals surface area contributed by atoms with Crippen molar-refractivity contribution in [1.29, 1.82) is 0 Å². The summed E-state index contributed by atoms with van der Waals surface area (Å²) in [6, 6.07) is 13.8. The molecule has 0 aliphatic rings. The van der Waals surface area contributed by atoms with E-state index in [1.165, 1.54) is 0 Å². The normalized spacial score (nSPS) is 12.0. The first-order chi connectivity index (χ1) is 10.8. The molecule has 7 heteroatoms. The number of hydrogen-bond donors (Lipinski definition) is 3. The van der Waals surface area contributed by atoms with E-state index in [-0.39, 0.29) is 6.61 Å². The van der Waals surface area contributed by atoms with E-state index in [2.05, 4.69) is 20.8 Å². The third-order valence-corrected chi connectivity index (χ3v) is 3.23. The molecule has 3 aromatic rings. The quantitative estimate of drug-likeness (QED) is 0.682. The smallest absolute Gasteiger partial charge is 0.322 e. The molecule has 0 radical (unpaired) electrons. The van der Waals surface area contributed by atoms with Crippen LogP contribution in [-0.4, -0.2) is 32.3 Å². The van der Waals surface area contributed by atoms with E-state index in [0.29, 0.717) is 11.6 Å². The second-order valence-corrected chi connectivity index (χ2v) is 4.70. The molecule has 112 valence electrons. The zero-order chi connectivity index (χ0) is 15.4. The number of fused-ring (bicyclic) bond motifs is 1. The number of carbonyl (C=O) groups excluding carboxylic acids is 1. The lowest BCUT2D eigenvalue weighted by Crippen LogP contribution is -2.34. The Hall–Kier alpha value is -2.93. The van der Waals surface area contributed by atoms with Gasteiger partial charge in [-0.15, -0.1) is 10.2 Å². The average Bonchev–Trinajstić information content (AvgIpc) is 2.96. The number of aliphatic hydroxyl groups is 1. The first-order valence-corrected chi connectivity index (χ1v) is 6.81. The molecule has 0 aliphatic carbocycles. The molecule has 2 aromatic heterocycles. The maximum Gasteiger partial charge on any atom is 0.322 e. The van der Waals surface area contributed by atoms with E-state index < -0.39 is 12.1 Å². The highest BCUT2D eigenvalue weighted by atomic mass is 16.3. The molecule has 0 bridgehead atoms. The SMILES string of the molecule is O=C(Nc1nnc2ccccn12)N[C@H](CO)c1ccccc1. The van der Waals surface area contributed by atoms with Crippen LogP contribution in [0.3, 0.4) is 0 Å². The van der Waals surface area contributed by atoms with Gasteiger partial charge >= 0.3 is 6.03 Å². The number of urea groups is 1. The number of carbonyl (C=O) groups is 1. The number of amides is 2. The molecule has 0 fully saturated rings. The van der Waals surface area contributed by atoms with Gasteiger partial charge in [-0.3, -0.25) is 9.72 Å². The first kappa shape index (κ1) is 14.0. The summed E-state index contributed by atoms with van der Waals surface area (Å²) in [4.78, 5) is 12.1. The van der Waals surface area contributed by atoms with Gasteiger partial charge in [0.2, 0.25) is 5.95 Å². The number of nitrogens with zero attached hydrogens (tertiary/aromatic N) is 3. The van der Waals surface area contributed by atoms with Crippen LogP contribution < -0.4 is 10.6 Å². The van der Waals surface area contributed by atoms with Crippen molar-refractivity contribution < 1.29 is 9.90 Å². The number of rotatable bonds is 4. The summed E-state index contributed by atoms with van der Waals surface area (Å²) >= 11 is 0. The van der Waals surface area contributed by atoms with Gasteiger partial charge in [0, 0.05) is 6.20 Å². The maximum atomic E-state index is 12.1. The fourth-order valence-corrected chi connectivity index (χ4v) is 2.14. The molecule has 1 atom stereocenters. The molecular weight excluding hydrogens is 282 g/mol. The van der Waals surface area contributed by atoms with Gasteiger partial charge in [0.25, 0.3) is 0 Å². The van der Waals surface area contributed by atoms with Gasteiger partial charge in [0.05, 0.1) is 12.6 Å². The lowest BCUT2D eigenvalue weighted by Gasteiger charge is -2.16. The Bertz CT molecular complexity index is 772. The first-order valence-electron chi connectivity index (χ1n) is 6.81. The lowest BCUT2D eigenvalue weighted by molar-refractivity contribution is 0.225. The minimum absolute atomic E-state index is 0.196. The molecule has 0 spiro atoms. The highest BCUT2D eigenvalue weighted by Crippen LogP contribution is 2.12. The van der Waals surface area contributed by atoms with Crippen molar-refractivity contribution in [3.05, 3.63) is 60.3 Å². The Morgan fingerprint density at radius 2 is 1.91 bits per heavy atom. The van der Waals surface area contributed by atoms with Crippen molar-refractivity contribution in [3.63, 3.8) is 0 Å². The van der Waals surface area contributed by atoms with Gasteiger partial charge in [-0.2, -0.15) is 0 Å². The third kappa shape index (κ3) is 2.89. The minimum atomic E-state index is -0.486. The van der Waals surface area contributed by atoms with Gasteiger partial charge in [-0.1, -0.05) is 36.4 Å². The van der Waals surface area contributed by atoms with Crippen molar-refractivity contribution >= 4 is 17.6 Å². The molecule has 3 N–H and O–H groups in total. The summed E-state index contributed by atoms with van der Waals surface area (Å²) < 4.78 is 1.66. The van der Waals surface area contributed by atoms with Crippen molar-refractivity contribution in [2.45, 2.75) is 6.04 Å². The average molecular weight is 297 g/mol. The Balaban J connectivity index is 1.72. The number of aromatic nitrogens is 3. The maximum absolute atomic E-state index is 12.1. The summed E-state index contributed by atoms with van der Waals surface area (Å²) in [5.74, 6) is 0.317. The highest BCUT2D eigenvalue weighted by Gasteiger charge is 2.15. The van der Waals surface area contributed by atoms with Crippen LogP contribution in [0.25, 0.3) is 5.65 Å².